The Labute approximate surface area is 94.0 Å². The minimum atomic E-state index is -0.183. The Hall–Kier alpha value is -0.370. The zero-order chi connectivity index (χ0) is 11.3. The van der Waals surface area contributed by atoms with Crippen LogP contribution in [0.2, 0.25) is 0 Å². The molecule has 0 aromatic heterocycles. The highest BCUT2D eigenvalue weighted by Gasteiger charge is 2.26. The van der Waals surface area contributed by atoms with Crippen LogP contribution < -0.4 is 0 Å². The highest BCUT2D eigenvalue weighted by molar-refractivity contribution is 5.58. The molecule has 0 bridgehead atoms. The molecule has 0 aliphatic carbocycles. The zero-order valence-corrected chi connectivity index (χ0v) is 10.5. The number of aldehydes is 1. The van der Waals surface area contributed by atoms with E-state index < -0.39 is 0 Å². The number of carbonyl (C=O) groups is 1. The number of nitrogens with zero attached hydrogens (tertiary/aromatic N) is 1. The van der Waals surface area contributed by atoms with E-state index in [0.29, 0.717) is 6.04 Å². The van der Waals surface area contributed by atoms with Gasteiger partial charge in [0.1, 0.15) is 6.29 Å². The highest BCUT2D eigenvalue weighted by Crippen LogP contribution is 2.23. The van der Waals surface area contributed by atoms with Gasteiger partial charge in [0.05, 0.1) is 0 Å². The van der Waals surface area contributed by atoms with E-state index in [2.05, 4.69) is 11.8 Å². The van der Waals surface area contributed by atoms with E-state index in [9.17, 15) is 4.79 Å². The van der Waals surface area contributed by atoms with Crippen molar-refractivity contribution in [2.24, 2.45) is 5.41 Å². The summed E-state index contributed by atoms with van der Waals surface area (Å²) in [5.74, 6) is 0. The molecule has 1 heterocycles. The monoisotopic (exact) mass is 211 g/mol. The first-order chi connectivity index (χ1) is 7.09. The molecule has 2 nitrogen and oxygen atoms in total. The maximum atomic E-state index is 11.0. The molecule has 1 aliphatic heterocycles. The molecule has 0 radical (unpaired) electrons. The third-order valence-corrected chi connectivity index (χ3v) is 3.40. The SMILES string of the molecule is CCC1CCCCCN1CC(C)(C)C=O. The normalized spacial score (nSPS) is 24.9. The summed E-state index contributed by atoms with van der Waals surface area (Å²) in [4.78, 5) is 13.5. The Bertz CT molecular complexity index is 201. The molecule has 0 aromatic rings. The third-order valence-electron chi connectivity index (χ3n) is 3.40. The van der Waals surface area contributed by atoms with Gasteiger partial charge in [-0.15, -0.1) is 0 Å². The van der Waals surface area contributed by atoms with E-state index in [1.54, 1.807) is 0 Å². The lowest BCUT2D eigenvalue weighted by Gasteiger charge is -2.33. The van der Waals surface area contributed by atoms with Crippen LogP contribution in [0, 0.1) is 5.41 Å². The molecule has 1 fully saturated rings. The lowest BCUT2D eigenvalue weighted by molar-refractivity contribution is -0.115. The molecule has 2 heteroatoms. The minimum Gasteiger partial charge on any atom is -0.303 e. The van der Waals surface area contributed by atoms with Crippen LogP contribution in [-0.4, -0.2) is 30.3 Å². The van der Waals surface area contributed by atoms with Crippen LogP contribution in [0.1, 0.15) is 52.9 Å². The minimum absolute atomic E-state index is 0.183. The lowest BCUT2D eigenvalue weighted by atomic mass is 9.93. The van der Waals surface area contributed by atoms with Gasteiger partial charge in [-0.1, -0.05) is 33.6 Å². The molecule has 0 aromatic carbocycles. The van der Waals surface area contributed by atoms with E-state index in [4.69, 9.17) is 0 Å². The van der Waals surface area contributed by atoms with Gasteiger partial charge < -0.3 is 4.79 Å². The van der Waals surface area contributed by atoms with Crippen LogP contribution >= 0.6 is 0 Å². The summed E-state index contributed by atoms with van der Waals surface area (Å²) in [5, 5.41) is 0. The number of rotatable bonds is 4. The van der Waals surface area contributed by atoms with Gasteiger partial charge in [-0.3, -0.25) is 4.90 Å². The first kappa shape index (κ1) is 12.7. The fourth-order valence-corrected chi connectivity index (χ4v) is 2.47. The topological polar surface area (TPSA) is 20.3 Å². The second kappa shape index (κ2) is 5.64. The molecular weight excluding hydrogens is 186 g/mol. The Morgan fingerprint density at radius 3 is 2.67 bits per heavy atom. The molecule has 1 aliphatic rings. The molecule has 0 N–H and O–H groups in total. The van der Waals surface area contributed by atoms with Crippen LogP contribution in [0.15, 0.2) is 0 Å². The number of hydrogen-bond donors (Lipinski definition) is 0. The van der Waals surface area contributed by atoms with E-state index in [-0.39, 0.29) is 5.41 Å². The van der Waals surface area contributed by atoms with Crippen molar-refractivity contribution in [3.05, 3.63) is 0 Å². The van der Waals surface area contributed by atoms with Crippen LogP contribution in [0.25, 0.3) is 0 Å². The lowest BCUT2D eigenvalue weighted by Crippen LogP contribution is -2.41. The summed E-state index contributed by atoms with van der Waals surface area (Å²) >= 11 is 0. The maximum absolute atomic E-state index is 11.0. The molecule has 15 heavy (non-hydrogen) atoms. The van der Waals surface area contributed by atoms with Crippen LogP contribution in [0.4, 0.5) is 0 Å². The molecule has 0 spiro atoms. The van der Waals surface area contributed by atoms with Crippen LogP contribution in [-0.2, 0) is 4.79 Å². The highest BCUT2D eigenvalue weighted by atomic mass is 16.1. The molecule has 88 valence electrons. The first-order valence-electron chi connectivity index (χ1n) is 6.29. The van der Waals surface area contributed by atoms with Crippen molar-refractivity contribution in [2.45, 2.75) is 58.9 Å². The van der Waals surface area contributed by atoms with Gasteiger partial charge in [0, 0.05) is 18.0 Å². The van der Waals surface area contributed by atoms with Crippen molar-refractivity contribution in [3.63, 3.8) is 0 Å². The van der Waals surface area contributed by atoms with Gasteiger partial charge in [-0.05, 0) is 25.8 Å². The summed E-state index contributed by atoms with van der Waals surface area (Å²) in [6.45, 7) is 8.44. The van der Waals surface area contributed by atoms with Gasteiger partial charge in [0.2, 0.25) is 0 Å². The Balaban J connectivity index is 2.58. The average molecular weight is 211 g/mol. The summed E-state index contributed by atoms with van der Waals surface area (Å²) < 4.78 is 0. The predicted molar refractivity (Wildman–Crippen MR) is 64.0 cm³/mol. The summed E-state index contributed by atoms with van der Waals surface area (Å²) in [5.41, 5.74) is -0.183. The molecular formula is C13H25NO. The standard InChI is InChI=1S/C13H25NO/c1-4-12-8-6-5-7-9-14(12)10-13(2,3)11-15/h11-12H,4-10H2,1-3H3. The molecule has 1 unspecified atom stereocenters. The largest absolute Gasteiger partial charge is 0.303 e. The van der Waals surface area contributed by atoms with Crippen molar-refractivity contribution in [2.75, 3.05) is 13.1 Å². The van der Waals surface area contributed by atoms with Crippen molar-refractivity contribution in [1.29, 1.82) is 0 Å². The molecule has 1 saturated heterocycles. The molecule has 1 atom stereocenters. The Kier molecular flexibility index (Phi) is 4.78. The van der Waals surface area contributed by atoms with E-state index in [0.717, 1.165) is 12.8 Å². The zero-order valence-electron chi connectivity index (χ0n) is 10.5. The van der Waals surface area contributed by atoms with Crippen molar-refractivity contribution in [3.8, 4) is 0 Å². The third kappa shape index (κ3) is 3.94. The van der Waals surface area contributed by atoms with Gasteiger partial charge in [-0.2, -0.15) is 0 Å². The van der Waals surface area contributed by atoms with Crippen LogP contribution in [0.3, 0.4) is 0 Å². The number of likely N-dealkylation sites (tertiary alicyclic amines) is 1. The van der Waals surface area contributed by atoms with Gasteiger partial charge in [0.25, 0.3) is 0 Å². The van der Waals surface area contributed by atoms with Gasteiger partial charge >= 0.3 is 0 Å². The van der Waals surface area contributed by atoms with Gasteiger partial charge in [0.15, 0.2) is 0 Å². The van der Waals surface area contributed by atoms with E-state index in [1.165, 1.54) is 38.6 Å². The predicted octanol–water partition coefficient (Wildman–Crippen LogP) is 2.87. The van der Waals surface area contributed by atoms with E-state index in [1.807, 2.05) is 13.8 Å². The summed E-state index contributed by atoms with van der Waals surface area (Å²) in [6.07, 6.45) is 7.64. The van der Waals surface area contributed by atoms with Gasteiger partial charge in [-0.25, -0.2) is 0 Å². The van der Waals surface area contributed by atoms with Crippen molar-refractivity contribution >= 4 is 6.29 Å². The van der Waals surface area contributed by atoms with Crippen LogP contribution in [0.5, 0.6) is 0 Å². The summed E-state index contributed by atoms with van der Waals surface area (Å²) in [7, 11) is 0. The molecule has 0 saturated carbocycles. The Morgan fingerprint density at radius 1 is 1.33 bits per heavy atom. The number of hydrogen-bond acceptors (Lipinski definition) is 2. The van der Waals surface area contributed by atoms with E-state index >= 15 is 0 Å². The average Bonchev–Trinajstić information content (AvgIpc) is 2.42. The van der Waals surface area contributed by atoms with Crippen molar-refractivity contribution in [1.82, 2.24) is 4.90 Å². The fraction of sp³-hybridized carbons (Fsp3) is 0.923. The molecule has 0 amide bonds. The molecule has 1 rings (SSSR count). The number of carbonyl (C=O) groups excluding carboxylic acids is 1. The quantitative estimate of drug-likeness (QED) is 0.666. The fourth-order valence-electron chi connectivity index (χ4n) is 2.47. The first-order valence-corrected chi connectivity index (χ1v) is 6.29. The maximum Gasteiger partial charge on any atom is 0.126 e. The smallest absolute Gasteiger partial charge is 0.126 e. The Morgan fingerprint density at radius 2 is 2.07 bits per heavy atom. The second-order valence-electron chi connectivity index (χ2n) is 5.49. The second-order valence-corrected chi connectivity index (χ2v) is 5.49. The summed E-state index contributed by atoms with van der Waals surface area (Å²) in [6, 6.07) is 0.701. The van der Waals surface area contributed by atoms with Crippen molar-refractivity contribution < 1.29 is 4.79 Å².